The molecular weight excluding hydrogens is 438 g/mol. The minimum absolute atomic E-state index is 0.0604. The highest BCUT2D eigenvalue weighted by Gasteiger charge is 2.19. The van der Waals surface area contributed by atoms with E-state index in [1.54, 1.807) is 13.3 Å². The van der Waals surface area contributed by atoms with Gasteiger partial charge in [0.2, 0.25) is 0 Å². The Labute approximate surface area is 204 Å². The zero-order valence-electron chi connectivity index (χ0n) is 19.8. The van der Waals surface area contributed by atoms with Gasteiger partial charge in [-0.25, -0.2) is 4.98 Å². The van der Waals surface area contributed by atoms with Gasteiger partial charge in [0.1, 0.15) is 11.4 Å². The van der Waals surface area contributed by atoms with E-state index in [4.69, 9.17) is 10.1 Å². The monoisotopic (exact) mass is 467 g/mol. The maximum atomic E-state index is 12.9. The molecule has 2 aromatic carbocycles. The van der Waals surface area contributed by atoms with E-state index in [1.807, 2.05) is 70.3 Å². The number of fused-ring (bicyclic) bond motifs is 1. The topological polar surface area (TPSA) is 83.2 Å². The first-order chi connectivity index (χ1) is 17.2. The normalized spacial score (nSPS) is 13.6. The molecule has 0 aliphatic carbocycles. The number of pyridine rings is 1. The molecule has 5 rings (SSSR count). The van der Waals surface area contributed by atoms with Gasteiger partial charge in [-0.2, -0.15) is 0 Å². The fraction of sp³-hybridized carbons (Fsp3) is 0.250. The molecule has 3 heterocycles. The Balaban J connectivity index is 1.36. The average Bonchev–Trinajstić information content (AvgIpc) is 3.35. The lowest BCUT2D eigenvalue weighted by molar-refractivity contribution is 0.0724. The minimum atomic E-state index is 0.0604. The molecule has 1 amide bonds. The average molecular weight is 468 g/mol. The highest BCUT2D eigenvalue weighted by atomic mass is 16.5. The predicted octanol–water partition coefficient (Wildman–Crippen LogP) is 5.27. The summed E-state index contributed by atoms with van der Waals surface area (Å²) in [5.41, 5.74) is 5.14. The van der Waals surface area contributed by atoms with Crippen molar-refractivity contribution in [1.82, 2.24) is 14.5 Å². The molecule has 35 heavy (non-hydrogen) atoms. The standard InChI is InChI=1S/C28H29N5O2/c1-35-25-8-5-20(6-9-25)18-30-26-10-7-24(16-22(26)17-29)33-14-11-21-15-23(19-31-27(21)33)28(34)32-12-3-2-4-13-32/h5-11,14-17,19,29-30H,2-4,12-13,18H2,1H3. The second-order valence-electron chi connectivity index (χ2n) is 8.79. The Morgan fingerprint density at radius 3 is 2.63 bits per heavy atom. The largest absolute Gasteiger partial charge is 0.497 e. The van der Waals surface area contributed by atoms with E-state index < -0.39 is 0 Å². The molecule has 0 atom stereocenters. The zero-order chi connectivity index (χ0) is 24.2. The summed E-state index contributed by atoms with van der Waals surface area (Å²) in [6.07, 6.45) is 8.32. The lowest BCUT2D eigenvalue weighted by atomic mass is 10.1. The van der Waals surface area contributed by atoms with Gasteiger partial charge < -0.3 is 24.9 Å². The number of benzene rings is 2. The number of ether oxygens (including phenoxy) is 1. The number of piperidine rings is 1. The van der Waals surface area contributed by atoms with Gasteiger partial charge in [0, 0.05) is 60.6 Å². The number of hydrogen-bond donors (Lipinski definition) is 2. The molecule has 2 aromatic heterocycles. The molecule has 1 aliphatic rings. The van der Waals surface area contributed by atoms with Crippen LogP contribution in [0.3, 0.4) is 0 Å². The van der Waals surface area contributed by atoms with Gasteiger partial charge in [0.05, 0.1) is 12.7 Å². The van der Waals surface area contributed by atoms with Crippen molar-refractivity contribution in [3.8, 4) is 11.4 Å². The lowest BCUT2D eigenvalue weighted by Gasteiger charge is -2.26. The van der Waals surface area contributed by atoms with Crippen LogP contribution in [0.25, 0.3) is 16.7 Å². The first-order valence-electron chi connectivity index (χ1n) is 11.9. The van der Waals surface area contributed by atoms with E-state index in [1.165, 1.54) is 12.6 Å². The van der Waals surface area contributed by atoms with Crippen molar-refractivity contribution in [1.29, 1.82) is 5.41 Å². The van der Waals surface area contributed by atoms with E-state index in [9.17, 15) is 4.79 Å². The van der Waals surface area contributed by atoms with Crippen LogP contribution in [0.1, 0.15) is 40.7 Å². The molecule has 0 spiro atoms. The number of amides is 1. The molecule has 1 aliphatic heterocycles. The van der Waals surface area contributed by atoms with Crippen LogP contribution in [0.2, 0.25) is 0 Å². The summed E-state index contributed by atoms with van der Waals surface area (Å²) in [4.78, 5) is 19.4. The first kappa shape index (κ1) is 22.7. The number of carbonyl (C=O) groups is 1. The second kappa shape index (κ2) is 10.0. The Morgan fingerprint density at radius 1 is 1.09 bits per heavy atom. The van der Waals surface area contributed by atoms with Gasteiger partial charge in [0.25, 0.3) is 5.91 Å². The summed E-state index contributed by atoms with van der Waals surface area (Å²) in [7, 11) is 1.66. The molecule has 178 valence electrons. The van der Waals surface area contributed by atoms with Crippen molar-refractivity contribution in [2.45, 2.75) is 25.8 Å². The lowest BCUT2D eigenvalue weighted by Crippen LogP contribution is -2.35. The molecule has 0 saturated carbocycles. The van der Waals surface area contributed by atoms with Crippen molar-refractivity contribution in [3.05, 3.63) is 83.7 Å². The number of methoxy groups -OCH3 is 1. The minimum Gasteiger partial charge on any atom is -0.497 e. The summed E-state index contributed by atoms with van der Waals surface area (Å²) in [6, 6.07) is 17.8. The molecule has 0 unspecified atom stereocenters. The smallest absolute Gasteiger partial charge is 0.255 e. The number of nitrogens with one attached hydrogen (secondary N) is 2. The molecule has 4 aromatic rings. The molecule has 1 saturated heterocycles. The maximum absolute atomic E-state index is 12.9. The molecular formula is C28H29N5O2. The van der Waals surface area contributed by atoms with E-state index in [0.717, 1.165) is 65.2 Å². The van der Waals surface area contributed by atoms with Gasteiger partial charge in [-0.3, -0.25) is 4.79 Å². The molecule has 0 radical (unpaired) electrons. The van der Waals surface area contributed by atoms with Gasteiger partial charge in [-0.15, -0.1) is 0 Å². The third-order valence-corrected chi connectivity index (χ3v) is 6.53. The third-order valence-electron chi connectivity index (χ3n) is 6.53. The molecule has 7 nitrogen and oxygen atoms in total. The Morgan fingerprint density at radius 2 is 1.89 bits per heavy atom. The van der Waals surface area contributed by atoms with Crippen molar-refractivity contribution < 1.29 is 9.53 Å². The summed E-state index contributed by atoms with van der Waals surface area (Å²) < 4.78 is 7.21. The number of hydrogen-bond acceptors (Lipinski definition) is 5. The summed E-state index contributed by atoms with van der Waals surface area (Å²) >= 11 is 0. The Hall–Kier alpha value is -4.13. The van der Waals surface area contributed by atoms with Crippen LogP contribution < -0.4 is 10.1 Å². The van der Waals surface area contributed by atoms with Gasteiger partial charge in [-0.05, 0) is 67.3 Å². The molecule has 7 heteroatoms. The van der Waals surface area contributed by atoms with Gasteiger partial charge >= 0.3 is 0 Å². The number of likely N-dealkylation sites (tertiary alicyclic amines) is 1. The van der Waals surface area contributed by atoms with Crippen LogP contribution in [0.4, 0.5) is 5.69 Å². The van der Waals surface area contributed by atoms with Crippen molar-refractivity contribution in [3.63, 3.8) is 0 Å². The zero-order valence-corrected chi connectivity index (χ0v) is 19.8. The fourth-order valence-electron chi connectivity index (χ4n) is 4.55. The maximum Gasteiger partial charge on any atom is 0.255 e. The van der Waals surface area contributed by atoms with E-state index in [0.29, 0.717) is 12.1 Å². The fourth-order valence-corrected chi connectivity index (χ4v) is 4.55. The summed E-state index contributed by atoms with van der Waals surface area (Å²) in [5, 5.41) is 12.3. The van der Waals surface area contributed by atoms with Crippen LogP contribution in [0.15, 0.2) is 67.0 Å². The van der Waals surface area contributed by atoms with Crippen molar-refractivity contribution >= 4 is 28.8 Å². The van der Waals surface area contributed by atoms with Gasteiger partial charge in [-0.1, -0.05) is 12.1 Å². The number of nitrogens with zero attached hydrogens (tertiary/aromatic N) is 3. The molecule has 2 N–H and O–H groups in total. The number of carbonyl (C=O) groups excluding carboxylic acids is 1. The van der Waals surface area contributed by atoms with E-state index in [-0.39, 0.29) is 5.91 Å². The predicted molar refractivity (Wildman–Crippen MR) is 139 cm³/mol. The second-order valence-corrected chi connectivity index (χ2v) is 8.79. The van der Waals surface area contributed by atoms with Gasteiger partial charge in [0.15, 0.2) is 0 Å². The Kier molecular flexibility index (Phi) is 6.48. The number of anilines is 1. The van der Waals surface area contributed by atoms with E-state index in [2.05, 4.69) is 10.3 Å². The van der Waals surface area contributed by atoms with Crippen LogP contribution in [-0.4, -0.2) is 46.8 Å². The Bertz CT molecular complexity index is 1350. The van der Waals surface area contributed by atoms with Crippen LogP contribution in [-0.2, 0) is 6.54 Å². The highest BCUT2D eigenvalue weighted by Crippen LogP contribution is 2.25. The molecule has 1 fully saturated rings. The van der Waals surface area contributed by atoms with Crippen molar-refractivity contribution in [2.24, 2.45) is 0 Å². The first-order valence-corrected chi connectivity index (χ1v) is 11.9. The summed E-state index contributed by atoms with van der Waals surface area (Å²) in [6.45, 7) is 2.29. The van der Waals surface area contributed by atoms with E-state index >= 15 is 0 Å². The quantitative estimate of drug-likeness (QED) is 0.363. The molecule has 0 bridgehead atoms. The van der Waals surface area contributed by atoms with Crippen molar-refractivity contribution in [2.75, 3.05) is 25.5 Å². The SMILES string of the molecule is COc1ccc(CNc2ccc(-n3ccc4cc(C(=O)N5CCCCC5)cnc43)cc2C=N)cc1. The van der Waals surface area contributed by atoms with Crippen LogP contribution >= 0.6 is 0 Å². The highest BCUT2D eigenvalue weighted by molar-refractivity contribution is 5.97. The third kappa shape index (κ3) is 4.75. The number of rotatable bonds is 7. The summed E-state index contributed by atoms with van der Waals surface area (Å²) in [5.74, 6) is 0.888. The van der Waals surface area contributed by atoms with Crippen LogP contribution in [0, 0.1) is 5.41 Å². The van der Waals surface area contributed by atoms with Crippen LogP contribution in [0.5, 0.6) is 5.75 Å². The number of aromatic nitrogens is 2.